The lowest BCUT2D eigenvalue weighted by molar-refractivity contribution is 0.133. The van der Waals surface area contributed by atoms with Crippen molar-refractivity contribution in [2.45, 2.75) is 25.5 Å². The Kier molecular flexibility index (Phi) is 5.01. The first kappa shape index (κ1) is 13.4. The highest BCUT2D eigenvalue weighted by molar-refractivity contribution is 9.10. The van der Waals surface area contributed by atoms with Crippen molar-refractivity contribution in [2.24, 2.45) is 0 Å². The molecule has 0 atom stereocenters. The van der Waals surface area contributed by atoms with Crippen molar-refractivity contribution in [2.75, 3.05) is 13.1 Å². The average molecular weight is 313 g/mol. The summed E-state index contributed by atoms with van der Waals surface area (Å²) in [5.41, 5.74) is 0.977. The molecule has 0 saturated carbocycles. The first-order chi connectivity index (χ1) is 8.74. The highest BCUT2D eigenvalue weighted by atomic mass is 79.9. The van der Waals surface area contributed by atoms with Crippen molar-refractivity contribution < 1.29 is 9.53 Å². The number of hydrogen-bond acceptors (Lipinski definition) is 3. The number of nitrogens with one attached hydrogen (secondary N) is 2. The average Bonchev–Trinajstić information content (AvgIpc) is 2.38. The molecular weight excluding hydrogens is 296 g/mol. The van der Waals surface area contributed by atoms with Crippen LogP contribution >= 0.6 is 15.9 Å². The highest BCUT2D eigenvalue weighted by Crippen LogP contribution is 2.12. The lowest BCUT2D eigenvalue weighted by atomic mass is 10.1. The monoisotopic (exact) mass is 312 g/mol. The molecule has 0 spiro atoms. The molecule has 1 saturated heterocycles. The summed E-state index contributed by atoms with van der Waals surface area (Å²) in [5.74, 6) is 0. The second-order valence-electron chi connectivity index (χ2n) is 4.37. The minimum Gasteiger partial charge on any atom is -0.445 e. The predicted octanol–water partition coefficient (Wildman–Crippen LogP) is 2.43. The van der Waals surface area contributed by atoms with Gasteiger partial charge in [0, 0.05) is 10.5 Å². The summed E-state index contributed by atoms with van der Waals surface area (Å²) >= 11 is 3.39. The minimum absolute atomic E-state index is 0.237. The van der Waals surface area contributed by atoms with Crippen LogP contribution in [0.15, 0.2) is 28.7 Å². The molecule has 2 N–H and O–H groups in total. The van der Waals surface area contributed by atoms with E-state index in [-0.39, 0.29) is 12.1 Å². The van der Waals surface area contributed by atoms with E-state index in [0.717, 1.165) is 36.0 Å². The fourth-order valence-electron chi connectivity index (χ4n) is 1.95. The minimum atomic E-state index is -0.332. The number of amides is 1. The summed E-state index contributed by atoms with van der Waals surface area (Å²) in [6.45, 7) is 2.21. The SMILES string of the molecule is O=C(NC1CCNCC1)OCc1cccc(Br)c1. The number of halogens is 1. The van der Waals surface area contributed by atoms with E-state index in [1.165, 1.54) is 0 Å². The first-order valence-corrected chi connectivity index (χ1v) is 6.92. The predicted molar refractivity (Wildman–Crippen MR) is 73.4 cm³/mol. The molecule has 1 aliphatic rings. The summed E-state index contributed by atoms with van der Waals surface area (Å²) < 4.78 is 6.18. The first-order valence-electron chi connectivity index (χ1n) is 6.12. The van der Waals surface area contributed by atoms with Crippen LogP contribution in [0.1, 0.15) is 18.4 Å². The zero-order valence-electron chi connectivity index (χ0n) is 10.1. The van der Waals surface area contributed by atoms with Crippen LogP contribution in [0.3, 0.4) is 0 Å². The summed E-state index contributed by atoms with van der Waals surface area (Å²) in [5, 5.41) is 6.15. The van der Waals surface area contributed by atoms with Crippen molar-refractivity contribution in [3.05, 3.63) is 34.3 Å². The number of carbonyl (C=O) groups excluding carboxylic acids is 1. The Balaban J connectivity index is 1.74. The fourth-order valence-corrected chi connectivity index (χ4v) is 2.40. The number of ether oxygens (including phenoxy) is 1. The molecule has 4 nitrogen and oxygen atoms in total. The zero-order valence-corrected chi connectivity index (χ0v) is 11.7. The molecule has 1 aromatic carbocycles. The maximum Gasteiger partial charge on any atom is 0.407 e. The van der Waals surface area contributed by atoms with Crippen LogP contribution in [0.25, 0.3) is 0 Å². The van der Waals surface area contributed by atoms with Gasteiger partial charge < -0.3 is 15.4 Å². The molecule has 18 heavy (non-hydrogen) atoms. The fraction of sp³-hybridized carbons (Fsp3) is 0.462. The topological polar surface area (TPSA) is 50.4 Å². The number of hydrogen-bond donors (Lipinski definition) is 2. The van der Waals surface area contributed by atoms with Gasteiger partial charge in [-0.25, -0.2) is 4.79 Å². The van der Waals surface area contributed by atoms with E-state index < -0.39 is 0 Å². The number of carbonyl (C=O) groups is 1. The Morgan fingerprint density at radius 3 is 2.94 bits per heavy atom. The normalized spacial score (nSPS) is 16.3. The van der Waals surface area contributed by atoms with Crippen LogP contribution < -0.4 is 10.6 Å². The number of benzene rings is 1. The molecule has 0 aromatic heterocycles. The molecular formula is C13H17BrN2O2. The van der Waals surface area contributed by atoms with E-state index in [4.69, 9.17) is 4.74 Å². The van der Waals surface area contributed by atoms with Gasteiger partial charge in [-0.3, -0.25) is 0 Å². The zero-order chi connectivity index (χ0) is 12.8. The quantitative estimate of drug-likeness (QED) is 0.901. The molecule has 1 amide bonds. The highest BCUT2D eigenvalue weighted by Gasteiger charge is 2.15. The second kappa shape index (κ2) is 6.75. The van der Waals surface area contributed by atoms with Crippen molar-refractivity contribution in [1.29, 1.82) is 0 Å². The Morgan fingerprint density at radius 2 is 2.22 bits per heavy atom. The van der Waals surface area contributed by atoms with Crippen LogP contribution in [-0.2, 0) is 11.3 Å². The van der Waals surface area contributed by atoms with Gasteiger partial charge in [-0.1, -0.05) is 28.1 Å². The van der Waals surface area contributed by atoms with Crippen molar-refractivity contribution in [3.8, 4) is 0 Å². The van der Waals surface area contributed by atoms with E-state index in [9.17, 15) is 4.79 Å². The van der Waals surface area contributed by atoms with Gasteiger partial charge in [0.1, 0.15) is 6.61 Å². The Labute approximate surface area is 115 Å². The van der Waals surface area contributed by atoms with E-state index in [1.54, 1.807) is 0 Å². The second-order valence-corrected chi connectivity index (χ2v) is 5.29. The third-order valence-corrected chi connectivity index (χ3v) is 3.41. The van der Waals surface area contributed by atoms with Crippen LogP contribution in [0.2, 0.25) is 0 Å². The molecule has 0 radical (unpaired) electrons. The van der Waals surface area contributed by atoms with Gasteiger partial charge in [0.2, 0.25) is 0 Å². The van der Waals surface area contributed by atoms with Gasteiger partial charge in [-0.05, 0) is 43.6 Å². The maximum atomic E-state index is 11.6. The smallest absolute Gasteiger partial charge is 0.407 e. The van der Waals surface area contributed by atoms with Crippen LogP contribution in [0.4, 0.5) is 4.79 Å². The summed E-state index contributed by atoms with van der Waals surface area (Å²) in [7, 11) is 0. The van der Waals surface area contributed by atoms with Crippen molar-refractivity contribution >= 4 is 22.0 Å². The van der Waals surface area contributed by atoms with Gasteiger partial charge in [0.05, 0.1) is 0 Å². The van der Waals surface area contributed by atoms with Crippen LogP contribution in [0, 0.1) is 0 Å². The van der Waals surface area contributed by atoms with Gasteiger partial charge in [-0.2, -0.15) is 0 Å². The molecule has 0 unspecified atom stereocenters. The van der Waals surface area contributed by atoms with Crippen molar-refractivity contribution in [3.63, 3.8) is 0 Å². The van der Waals surface area contributed by atoms with Gasteiger partial charge >= 0.3 is 6.09 Å². The number of rotatable bonds is 3. The van der Waals surface area contributed by atoms with E-state index >= 15 is 0 Å². The lowest BCUT2D eigenvalue weighted by Gasteiger charge is -2.23. The Morgan fingerprint density at radius 1 is 1.44 bits per heavy atom. The van der Waals surface area contributed by atoms with Crippen LogP contribution in [0.5, 0.6) is 0 Å². The van der Waals surface area contributed by atoms with E-state index in [2.05, 4.69) is 26.6 Å². The largest absolute Gasteiger partial charge is 0.445 e. The third kappa shape index (κ3) is 4.31. The van der Waals surface area contributed by atoms with E-state index in [0.29, 0.717) is 6.61 Å². The molecule has 0 bridgehead atoms. The molecule has 5 heteroatoms. The Bertz CT molecular complexity index is 406. The number of alkyl carbamates (subject to hydrolysis) is 1. The van der Waals surface area contributed by atoms with Gasteiger partial charge in [-0.15, -0.1) is 0 Å². The van der Waals surface area contributed by atoms with Crippen LogP contribution in [-0.4, -0.2) is 25.2 Å². The van der Waals surface area contributed by atoms with E-state index in [1.807, 2.05) is 24.3 Å². The third-order valence-electron chi connectivity index (χ3n) is 2.92. The molecule has 1 aliphatic heterocycles. The molecule has 1 heterocycles. The molecule has 0 aliphatic carbocycles. The summed E-state index contributed by atoms with van der Waals surface area (Å²) in [6, 6.07) is 7.98. The summed E-state index contributed by atoms with van der Waals surface area (Å²) in [6.07, 6.45) is 1.60. The molecule has 98 valence electrons. The van der Waals surface area contributed by atoms with Crippen molar-refractivity contribution in [1.82, 2.24) is 10.6 Å². The molecule has 1 fully saturated rings. The summed E-state index contributed by atoms with van der Waals surface area (Å²) in [4.78, 5) is 11.6. The van der Waals surface area contributed by atoms with Gasteiger partial charge in [0.25, 0.3) is 0 Å². The van der Waals surface area contributed by atoms with Gasteiger partial charge in [0.15, 0.2) is 0 Å². The molecule has 2 rings (SSSR count). The number of piperidine rings is 1. The lowest BCUT2D eigenvalue weighted by Crippen LogP contribution is -2.42. The standard InChI is InChI=1S/C13H17BrN2O2/c14-11-3-1-2-10(8-11)9-18-13(17)16-12-4-6-15-7-5-12/h1-3,8,12,15H,4-7,9H2,(H,16,17). The maximum absolute atomic E-state index is 11.6. The molecule has 1 aromatic rings. The Hall–Kier alpha value is -1.07.